The predicted molar refractivity (Wildman–Crippen MR) is 206 cm³/mol. The lowest BCUT2D eigenvalue weighted by atomic mass is 9.51. The number of allylic oxidation sites excluding steroid dienone is 2. The van der Waals surface area contributed by atoms with Gasteiger partial charge in [-0.3, -0.25) is 24.1 Å². The van der Waals surface area contributed by atoms with E-state index in [1.807, 2.05) is 55.4 Å². The molecular weight excluding hydrogens is 699 g/mol. The molecule has 4 aromatic carbocycles. The average Bonchev–Trinajstić information content (AvgIpc) is 3.57. The number of hydrogen-bond donors (Lipinski definition) is 1. The molecule has 0 unspecified atom stereocenters. The molecule has 8 rings (SSSR count). The van der Waals surface area contributed by atoms with Gasteiger partial charge in [-0.15, -0.1) is 0 Å². The summed E-state index contributed by atoms with van der Waals surface area (Å²) >= 11 is 0. The van der Waals surface area contributed by atoms with E-state index in [9.17, 15) is 24.3 Å². The van der Waals surface area contributed by atoms with Gasteiger partial charge in [0, 0.05) is 43.4 Å². The number of rotatable bonds is 8. The number of aromatic hydroxyl groups is 1. The summed E-state index contributed by atoms with van der Waals surface area (Å²) in [6, 6.07) is 26.3. The van der Waals surface area contributed by atoms with Crippen LogP contribution in [0.25, 0.3) is 0 Å². The molecule has 4 aliphatic rings. The fraction of sp³-hybridized carbons (Fsp3) is 0.302. The Hall–Kier alpha value is -6.30. The Morgan fingerprint density at radius 2 is 1.40 bits per heavy atom. The molecule has 280 valence electrons. The van der Waals surface area contributed by atoms with Gasteiger partial charge >= 0.3 is 0 Å². The number of carbonyl (C=O) groups excluding carboxylic acids is 4. The fourth-order valence-electron chi connectivity index (χ4n) is 9.17. The first-order valence-corrected chi connectivity index (χ1v) is 18.2. The van der Waals surface area contributed by atoms with Gasteiger partial charge < -0.3 is 19.5 Å². The maximum Gasteiger partial charge on any atom is 0.241 e. The lowest BCUT2D eigenvalue weighted by Gasteiger charge is -2.49. The van der Waals surface area contributed by atoms with Crippen molar-refractivity contribution in [1.29, 1.82) is 0 Å². The number of imide groups is 2. The second-order valence-electron chi connectivity index (χ2n) is 14.9. The minimum absolute atomic E-state index is 0.165. The van der Waals surface area contributed by atoms with Gasteiger partial charge in [0.1, 0.15) is 17.2 Å². The van der Waals surface area contributed by atoms with E-state index >= 15 is 0 Å². The van der Waals surface area contributed by atoms with Crippen molar-refractivity contribution in [3.63, 3.8) is 0 Å². The second kappa shape index (κ2) is 13.5. The molecule has 2 aliphatic heterocycles. The third kappa shape index (κ3) is 5.57. The topological polar surface area (TPSA) is 141 Å². The number of para-hydroxylation sites is 1. The third-order valence-electron chi connectivity index (χ3n) is 11.9. The molecule has 2 aliphatic carbocycles. The Morgan fingerprint density at radius 1 is 0.764 bits per heavy atom. The van der Waals surface area contributed by atoms with E-state index in [-0.39, 0.29) is 42.1 Å². The van der Waals surface area contributed by atoms with Crippen LogP contribution in [0.5, 0.6) is 17.2 Å². The quantitative estimate of drug-likeness (QED) is 0.113. The van der Waals surface area contributed by atoms with Crippen molar-refractivity contribution in [2.45, 2.75) is 25.7 Å². The molecular formula is C43H41N5O7. The van der Waals surface area contributed by atoms with Crippen molar-refractivity contribution in [3.05, 3.63) is 108 Å². The number of azo groups is 1. The largest absolute Gasteiger partial charge is 0.507 e. The molecule has 2 saturated heterocycles. The third-order valence-corrected chi connectivity index (χ3v) is 11.9. The van der Waals surface area contributed by atoms with Crippen molar-refractivity contribution in [1.82, 2.24) is 0 Å². The van der Waals surface area contributed by atoms with Crippen LogP contribution in [0, 0.1) is 29.1 Å². The number of phenols is 1. The molecule has 2 heterocycles. The first kappa shape index (κ1) is 35.7. The van der Waals surface area contributed by atoms with Gasteiger partial charge in [-0.1, -0.05) is 29.8 Å². The molecule has 6 atom stereocenters. The van der Waals surface area contributed by atoms with Gasteiger partial charge in [0.15, 0.2) is 0 Å². The van der Waals surface area contributed by atoms with Crippen molar-refractivity contribution in [2.75, 3.05) is 43.0 Å². The maximum absolute atomic E-state index is 14.7. The van der Waals surface area contributed by atoms with Gasteiger partial charge in [-0.25, -0.2) is 4.90 Å². The second-order valence-corrected chi connectivity index (χ2v) is 14.9. The molecule has 55 heavy (non-hydrogen) atoms. The Kier molecular flexibility index (Phi) is 8.78. The summed E-state index contributed by atoms with van der Waals surface area (Å²) in [5.74, 6) is -4.77. The number of ether oxygens (including phenoxy) is 2. The lowest BCUT2D eigenvalue weighted by Crippen LogP contribution is -2.49. The van der Waals surface area contributed by atoms with Crippen LogP contribution in [0.4, 0.5) is 28.4 Å². The summed E-state index contributed by atoms with van der Waals surface area (Å²) in [6.45, 7) is 1.77. The molecule has 1 N–H and O–H groups in total. The first-order valence-electron chi connectivity index (χ1n) is 18.2. The maximum atomic E-state index is 14.7. The van der Waals surface area contributed by atoms with Crippen molar-refractivity contribution < 1.29 is 33.8 Å². The lowest BCUT2D eigenvalue weighted by molar-refractivity contribution is -0.131. The SMILES string of the molecule is COc1cc(O)c([C@H]2C3=CC[C@@H]4C(=O)N(c5ccc(N=Nc6ccc(N(C)C)cc6)cc5)C(=O)[C@@H]4[C@@H]3C[C@H]3C(=O)N(c4ccccc4)C(=O)[C@@]23C)c(OC)c1. The van der Waals surface area contributed by atoms with Gasteiger partial charge in [0.25, 0.3) is 0 Å². The minimum Gasteiger partial charge on any atom is -0.507 e. The number of nitrogens with zero attached hydrogens (tertiary/aromatic N) is 5. The van der Waals surface area contributed by atoms with E-state index in [0.717, 1.165) is 11.3 Å². The van der Waals surface area contributed by atoms with Crippen LogP contribution >= 0.6 is 0 Å². The Morgan fingerprint density at radius 3 is 2.02 bits per heavy atom. The number of carbonyl (C=O) groups is 4. The molecule has 0 bridgehead atoms. The van der Waals surface area contributed by atoms with Gasteiger partial charge in [0.05, 0.1) is 60.1 Å². The van der Waals surface area contributed by atoms with Crippen LogP contribution in [0.1, 0.15) is 31.2 Å². The molecule has 3 fully saturated rings. The minimum atomic E-state index is -1.36. The summed E-state index contributed by atoms with van der Waals surface area (Å²) in [7, 11) is 6.86. The van der Waals surface area contributed by atoms with Crippen molar-refractivity contribution in [3.8, 4) is 17.2 Å². The molecule has 12 nitrogen and oxygen atoms in total. The van der Waals surface area contributed by atoms with Crippen molar-refractivity contribution >= 4 is 52.1 Å². The van der Waals surface area contributed by atoms with Crippen LogP contribution in [0.3, 0.4) is 0 Å². The number of amides is 4. The number of methoxy groups -OCH3 is 2. The summed E-state index contributed by atoms with van der Waals surface area (Å²) in [6.07, 6.45) is 2.36. The van der Waals surface area contributed by atoms with Gasteiger partial charge in [-0.05, 0) is 86.3 Å². The highest BCUT2D eigenvalue weighted by Gasteiger charge is 2.68. The number of benzene rings is 4. The van der Waals surface area contributed by atoms with Crippen molar-refractivity contribution in [2.24, 2.45) is 39.3 Å². The van der Waals surface area contributed by atoms with Gasteiger partial charge in [0.2, 0.25) is 23.6 Å². The molecule has 0 radical (unpaired) electrons. The van der Waals surface area contributed by atoms with E-state index in [4.69, 9.17) is 9.47 Å². The van der Waals surface area contributed by atoms with Crippen LogP contribution in [-0.4, -0.2) is 57.1 Å². The van der Waals surface area contributed by atoms with E-state index in [1.165, 1.54) is 30.1 Å². The number of fused-ring (bicyclic) bond motifs is 4. The highest BCUT2D eigenvalue weighted by molar-refractivity contribution is 6.25. The molecule has 4 amide bonds. The molecule has 12 heteroatoms. The first-order chi connectivity index (χ1) is 26.5. The summed E-state index contributed by atoms with van der Waals surface area (Å²) in [5, 5.41) is 20.3. The molecule has 4 aromatic rings. The van der Waals surface area contributed by atoms with Crippen LogP contribution in [0.15, 0.2) is 113 Å². The standard InChI is InChI=1S/C43H41N5O7/c1-43-33(40(51)48(42(43)53)27-9-7-6-8-10-27)23-32-30(38(43)37-34(49)21-29(54-4)22-35(37)55-5)19-20-31-36(32)41(52)47(39(31)50)28-17-13-25(14-18-28)45-44-24-11-15-26(16-12-24)46(2)3/h6-19,21-22,31-33,36,38,49H,20,23H2,1-5H3/t31-,32+,33-,36-,38+,43+/m0/s1. The zero-order chi connectivity index (χ0) is 38.8. The fourth-order valence-corrected chi connectivity index (χ4v) is 9.17. The summed E-state index contributed by atoms with van der Waals surface area (Å²) in [5.41, 5.74) is 2.83. The summed E-state index contributed by atoms with van der Waals surface area (Å²) in [4.78, 5) is 62.4. The van der Waals surface area contributed by atoms with E-state index in [0.29, 0.717) is 34.1 Å². The monoisotopic (exact) mass is 739 g/mol. The number of hydrogen-bond acceptors (Lipinski definition) is 10. The van der Waals surface area contributed by atoms with Crippen LogP contribution in [0.2, 0.25) is 0 Å². The highest BCUT2D eigenvalue weighted by Crippen LogP contribution is 2.65. The normalized spacial score (nSPS) is 25.8. The highest BCUT2D eigenvalue weighted by atomic mass is 16.5. The molecule has 0 spiro atoms. The van der Waals surface area contributed by atoms with Crippen LogP contribution in [-0.2, 0) is 19.2 Å². The Labute approximate surface area is 318 Å². The van der Waals surface area contributed by atoms with Gasteiger partial charge in [-0.2, -0.15) is 10.2 Å². The number of phenolic OH excluding ortho intramolecular Hbond substituents is 1. The van der Waals surface area contributed by atoms with E-state index in [1.54, 1.807) is 61.5 Å². The Balaban J connectivity index is 1.16. The average molecular weight is 740 g/mol. The van der Waals surface area contributed by atoms with E-state index in [2.05, 4.69) is 10.2 Å². The molecule has 0 aromatic heterocycles. The zero-order valence-electron chi connectivity index (χ0n) is 31.2. The smallest absolute Gasteiger partial charge is 0.241 e. The number of anilines is 3. The predicted octanol–water partition coefficient (Wildman–Crippen LogP) is 7.33. The zero-order valence-corrected chi connectivity index (χ0v) is 31.2. The van der Waals surface area contributed by atoms with Crippen LogP contribution < -0.4 is 24.2 Å². The van der Waals surface area contributed by atoms with E-state index < -0.39 is 40.9 Å². The Bertz CT molecular complexity index is 2270. The molecule has 1 saturated carbocycles. The summed E-state index contributed by atoms with van der Waals surface area (Å²) < 4.78 is 11.2.